The maximum absolute atomic E-state index is 5.81. The van der Waals surface area contributed by atoms with Crippen molar-refractivity contribution in [2.75, 3.05) is 16.8 Å². The number of nitrogens with one attached hydrogen (secondary N) is 1. The van der Waals surface area contributed by atoms with Gasteiger partial charge < -0.3 is 11.1 Å². The first kappa shape index (κ1) is 11.6. The van der Waals surface area contributed by atoms with Crippen LogP contribution in [0.5, 0.6) is 0 Å². The number of thioether (sulfide) groups is 1. The highest BCUT2D eigenvalue weighted by atomic mass is 32.2. The topological polar surface area (TPSA) is 50.9 Å². The summed E-state index contributed by atoms with van der Waals surface area (Å²) in [6, 6.07) is 4.49. The molecule has 2 rings (SSSR count). The molecule has 1 aliphatic rings. The summed E-state index contributed by atoms with van der Waals surface area (Å²) in [5.74, 6) is 1.82. The molecule has 3 nitrogen and oxygen atoms in total. The fourth-order valence-corrected chi connectivity index (χ4v) is 3.36. The maximum Gasteiger partial charge on any atom is 0.146 e. The number of nitrogens with zero attached hydrogens (tertiary/aromatic N) is 1. The van der Waals surface area contributed by atoms with Gasteiger partial charge in [-0.25, -0.2) is 4.98 Å². The number of hydrogen-bond acceptors (Lipinski definition) is 4. The lowest BCUT2D eigenvalue weighted by Crippen LogP contribution is -2.17. The average Bonchev–Trinajstić information content (AvgIpc) is 2.70. The lowest BCUT2D eigenvalue weighted by Gasteiger charge is -2.15. The smallest absolute Gasteiger partial charge is 0.146 e. The molecule has 3 N–H and O–H groups in total. The summed E-state index contributed by atoms with van der Waals surface area (Å²) in [5, 5.41) is 4.32. The molecule has 1 aromatic rings. The number of hydrogen-bond donors (Lipinski definition) is 2. The molecule has 1 aliphatic carbocycles. The zero-order chi connectivity index (χ0) is 11.4. The Hall–Kier alpha value is -0.900. The van der Waals surface area contributed by atoms with Crippen LogP contribution in [0.3, 0.4) is 0 Å². The number of nitrogen functional groups attached to an aromatic ring is 1. The molecule has 0 aromatic carbocycles. The summed E-state index contributed by atoms with van der Waals surface area (Å²) in [6.07, 6.45) is 5.53. The van der Waals surface area contributed by atoms with Crippen LogP contribution in [0, 0.1) is 0 Å². The highest BCUT2D eigenvalue weighted by molar-refractivity contribution is 7.99. The van der Waals surface area contributed by atoms with Crippen LogP contribution in [0.1, 0.15) is 26.2 Å². The number of aromatic nitrogens is 1. The number of pyridine rings is 1. The van der Waals surface area contributed by atoms with Gasteiger partial charge in [0.2, 0.25) is 0 Å². The van der Waals surface area contributed by atoms with Gasteiger partial charge in [0.1, 0.15) is 5.82 Å². The van der Waals surface area contributed by atoms with Crippen molar-refractivity contribution in [3.8, 4) is 0 Å². The van der Waals surface area contributed by atoms with E-state index >= 15 is 0 Å². The predicted molar refractivity (Wildman–Crippen MR) is 71.8 cm³/mol. The van der Waals surface area contributed by atoms with Gasteiger partial charge >= 0.3 is 0 Å². The predicted octanol–water partition coefficient (Wildman–Crippen LogP) is 2.75. The van der Waals surface area contributed by atoms with Crippen molar-refractivity contribution in [1.82, 2.24) is 4.98 Å². The Bertz CT molecular complexity index is 343. The van der Waals surface area contributed by atoms with Crippen LogP contribution in [0.15, 0.2) is 18.3 Å². The molecule has 0 radical (unpaired) electrons. The number of rotatable bonds is 4. The van der Waals surface area contributed by atoms with Crippen LogP contribution in [0.4, 0.5) is 11.5 Å². The Morgan fingerprint density at radius 2 is 2.44 bits per heavy atom. The van der Waals surface area contributed by atoms with Gasteiger partial charge in [0.15, 0.2) is 0 Å². The van der Waals surface area contributed by atoms with Gasteiger partial charge in [-0.2, -0.15) is 11.8 Å². The molecule has 4 heteroatoms. The van der Waals surface area contributed by atoms with E-state index < -0.39 is 0 Å². The summed E-state index contributed by atoms with van der Waals surface area (Å²) in [5.41, 5.74) is 6.79. The van der Waals surface area contributed by atoms with E-state index in [0.29, 0.717) is 11.9 Å². The first-order chi connectivity index (χ1) is 7.79. The summed E-state index contributed by atoms with van der Waals surface area (Å²) in [4.78, 5) is 4.09. The minimum absolute atomic E-state index is 0.565. The van der Waals surface area contributed by atoms with Gasteiger partial charge in [0, 0.05) is 17.5 Å². The van der Waals surface area contributed by atoms with Crippen molar-refractivity contribution in [2.45, 2.75) is 37.5 Å². The Labute approximate surface area is 101 Å². The van der Waals surface area contributed by atoms with Gasteiger partial charge in [-0.3, -0.25) is 0 Å². The van der Waals surface area contributed by atoms with E-state index in [9.17, 15) is 0 Å². The average molecular weight is 237 g/mol. The van der Waals surface area contributed by atoms with E-state index in [0.717, 1.165) is 10.9 Å². The van der Waals surface area contributed by atoms with Gasteiger partial charge in [-0.1, -0.05) is 6.92 Å². The van der Waals surface area contributed by atoms with Crippen LogP contribution >= 0.6 is 11.8 Å². The number of nitrogens with two attached hydrogens (primary N) is 1. The highest BCUT2D eigenvalue weighted by Gasteiger charge is 2.24. The summed E-state index contributed by atoms with van der Waals surface area (Å²) in [6.45, 7) is 2.23. The van der Waals surface area contributed by atoms with E-state index in [1.807, 2.05) is 12.1 Å². The monoisotopic (exact) mass is 237 g/mol. The van der Waals surface area contributed by atoms with E-state index in [-0.39, 0.29) is 0 Å². The van der Waals surface area contributed by atoms with Crippen molar-refractivity contribution in [3.63, 3.8) is 0 Å². The minimum atomic E-state index is 0.565. The van der Waals surface area contributed by atoms with Crippen LogP contribution in [0.25, 0.3) is 0 Å². The van der Waals surface area contributed by atoms with E-state index in [1.54, 1.807) is 6.20 Å². The lowest BCUT2D eigenvalue weighted by atomic mass is 10.2. The minimum Gasteiger partial charge on any atom is -0.382 e. The van der Waals surface area contributed by atoms with Gasteiger partial charge in [0.05, 0.1) is 5.69 Å². The molecular weight excluding hydrogens is 218 g/mol. The zero-order valence-electron chi connectivity index (χ0n) is 9.65. The van der Waals surface area contributed by atoms with Gasteiger partial charge in [-0.15, -0.1) is 0 Å². The molecule has 1 fully saturated rings. The third-order valence-corrected chi connectivity index (χ3v) is 4.22. The van der Waals surface area contributed by atoms with Crippen molar-refractivity contribution < 1.29 is 0 Å². The standard InChI is InChI=1S/C12H19N3S/c1-2-16-10-6-5-9(8-10)15-11-4-3-7-14-12(11)13/h3-4,7,9-10,15H,2,5-6,8H2,1H3,(H2,13,14). The molecule has 0 aliphatic heterocycles. The van der Waals surface area contributed by atoms with Crippen molar-refractivity contribution >= 4 is 23.3 Å². The van der Waals surface area contributed by atoms with E-state index in [1.165, 1.54) is 25.0 Å². The third-order valence-electron chi connectivity index (χ3n) is 2.99. The fraction of sp³-hybridized carbons (Fsp3) is 0.583. The van der Waals surface area contributed by atoms with Crippen molar-refractivity contribution in [2.24, 2.45) is 0 Å². The Morgan fingerprint density at radius 3 is 3.19 bits per heavy atom. The zero-order valence-corrected chi connectivity index (χ0v) is 10.5. The van der Waals surface area contributed by atoms with Crippen LogP contribution in [-0.4, -0.2) is 22.0 Å². The molecule has 1 aromatic heterocycles. The number of anilines is 2. The molecule has 2 unspecified atom stereocenters. The Kier molecular flexibility index (Phi) is 3.93. The lowest BCUT2D eigenvalue weighted by molar-refractivity contribution is 0.757. The second-order valence-corrected chi connectivity index (χ2v) is 5.75. The van der Waals surface area contributed by atoms with Crippen molar-refractivity contribution in [1.29, 1.82) is 0 Å². The molecule has 88 valence electrons. The molecule has 16 heavy (non-hydrogen) atoms. The highest BCUT2D eigenvalue weighted by Crippen LogP contribution is 2.32. The normalized spacial score (nSPS) is 24.6. The summed E-state index contributed by atoms with van der Waals surface area (Å²) < 4.78 is 0. The molecule has 2 atom stereocenters. The van der Waals surface area contributed by atoms with E-state index in [2.05, 4.69) is 29.0 Å². The second-order valence-electron chi connectivity index (χ2n) is 4.17. The first-order valence-electron chi connectivity index (χ1n) is 5.88. The molecule has 0 saturated heterocycles. The Morgan fingerprint density at radius 1 is 1.56 bits per heavy atom. The molecule has 0 bridgehead atoms. The quantitative estimate of drug-likeness (QED) is 0.845. The maximum atomic E-state index is 5.81. The molecule has 1 saturated carbocycles. The van der Waals surface area contributed by atoms with Crippen LogP contribution in [0.2, 0.25) is 0 Å². The van der Waals surface area contributed by atoms with Gasteiger partial charge in [-0.05, 0) is 37.1 Å². The molecule has 0 amide bonds. The fourth-order valence-electron chi connectivity index (χ4n) is 2.22. The third kappa shape index (κ3) is 2.82. The molecule has 1 heterocycles. The Balaban J connectivity index is 1.90. The summed E-state index contributed by atoms with van der Waals surface area (Å²) >= 11 is 2.07. The summed E-state index contributed by atoms with van der Waals surface area (Å²) in [7, 11) is 0. The van der Waals surface area contributed by atoms with Crippen LogP contribution < -0.4 is 11.1 Å². The largest absolute Gasteiger partial charge is 0.382 e. The van der Waals surface area contributed by atoms with Crippen LogP contribution in [-0.2, 0) is 0 Å². The van der Waals surface area contributed by atoms with Gasteiger partial charge in [0.25, 0.3) is 0 Å². The van der Waals surface area contributed by atoms with Crippen molar-refractivity contribution in [3.05, 3.63) is 18.3 Å². The second kappa shape index (κ2) is 5.43. The molecule has 0 spiro atoms. The molecular formula is C12H19N3S. The first-order valence-corrected chi connectivity index (χ1v) is 6.93. The van der Waals surface area contributed by atoms with E-state index in [4.69, 9.17) is 5.73 Å². The SMILES string of the molecule is CCSC1CCC(Nc2cccnc2N)C1.